The summed E-state index contributed by atoms with van der Waals surface area (Å²) < 4.78 is 7.48. The molecule has 0 radical (unpaired) electrons. The molecule has 2 aromatic carbocycles. The van der Waals surface area contributed by atoms with Gasteiger partial charge in [0.05, 0.1) is 12.3 Å². The number of halogens is 1. The second kappa shape index (κ2) is 8.64. The number of carbonyl (C=O) groups is 1. The molecular formula is C20H18BrN3O3. The van der Waals surface area contributed by atoms with Crippen LogP contribution in [0.25, 0.3) is 5.69 Å². The lowest BCUT2D eigenvalue weighted by molar-refractivity contribution is 0.168. The number of aromatic nitrogens is 2. The normalized spacial score (nSPS) is 10.4. The molecule has 1 aromatic heterocycles. The molecule has 138 valence electrons. The summed E-state index contributed by atoms with van der Waals surface area (Å²) in [5, 5.41) is 7.13. The van der Waals surface area contributed by atoms with E-state index in [9.17, 15) is 9.59 Å². The van der Waals surface area contributed by atoms with E-state index >= 15 is 0 Å². The smallest absolute Gasteiger partial charge is 0.411 e. The van der Waals surface area contributed by atoms with E-state index in [1.807, 2.05) is 36.4 Å². The second-order valence-corrected chi connectivity index (χ2v) is 6.69. The summed E-state index contributed by atoms with van der Waals surface area (Å²) in [5.41, 5.74) is 2.61. The van der Waals surface area contributed by atoms with Gasteiger partial charge in [-0.25, -0.2) is 9.48 Å². The van der Waals surface area contributed by atoms with Crippen LogP contribution in [0.5, 0.6) is 0 Å². The molecule has 0 aliphatic rings. The third-order valence-electron chi connectivity index (χ3n) is 3.77. The molecule has 0 unspecified atom stereocenters. The number of hydrogen-bond donors (Lipinski definition) is 1. The number of rotatable bonds is 5. The van der Waals surface area contributed by atoms with E-state index in [2.05, 4.69) is 26.3 Å². The molecule has 0 aliphatic carbocycles. The zero-order valence-corrected chi connectivity index (χ0v) is 16.3. The van der Waals surface area contributed by atoms with Gasteiger partial charge in [-0.15, -0.1) is 0 Å². The van der Waals surface area contributed by atoms with Crippen LogP contribution in [-0.2, 0) is 11.2 Å². The average molecular weight is 428 g/mol. The highest BCUT2D eigenvalue weighted by molar-refractivity contribution is 9.10. The van der Waals surface area contributed by atoms with Crippen LogP contribution < -0.4 is 10.7 Å². The van der Waals surface area contributed by atoms with Crippen molar-refractivity contribution in [2.75, 3.05) is 11.9 Å². The highest BCUT2D eigenvalue weighted by atomic mass is 79.9. The first-order valence-corrected chi connectivity index (χ1v) is 9.22. The third-order valence-corrected chi connectivity index (χ3v) is 4.27. The Morgan fingerprint density at radius 3 is 2.78 bits per heavy atom. The van der Waals surface area contributed by atoms with Gasteiger partial charge in [0.15, 0.2) is 0 Å². The lowest BCUT2D eigenvalue weighted by atomic mass is 10.1. The Morgan fingerprint density at radius 1 is 1.19 bits per heavy atom. The first-order chi connectivity index (χ1) is 13.0. The molecule has 0 aliphatic heterocycles. The van der Waals surface area contributed by atoms with Gasteiger partial charge in [-0.2, -0.15) is 5.10 Å². The number of carbonyl (C=O) groups excluding carboxylic acids is 1. The number of nitrogens with one attached hydrogen (secondary N) is 1. The van der Waals surface area contributed by atoms with E-state index in [1.54, 1.807) is 29.9 Å². The molecule has 1 heterocycles. The van der Waals surface area contributed by atoms with E-state index in [1.165, 1.54) is 6.07 Å². The molecule has 0 saturated carbocycles. The van der Waals surface area contributed by atoms with E-state index in [0.717, 1.165) is 15.7 Å². The second-order valence-electron chi connectivity index (χ2n) is 5.77. The van der Waals surface area contributed by atoms with Gasteiger partial charge in [-0.1, -0.05) is 34.1 Å². The number of anilines is 1. The maximum absolute atomic E-state index is 12.2. The fraction of sp³-hybridized carbons (Fsp3) is 0.150. The van der Waals surface area contributed by atoms with E-state index < -0.39 is 6.09 Å². The molecular weight excluding hydrogens is 410 g/mol. The molecule has 3 aromatic rings. The standard InChI is InChI=1S/C20H18BrN3O3/c1-2-27-20(26)22-16-7-3-5-14(11-16)12-18-19(25)9-10-24(23-18)17-8-4-6-15(21)13-17/h3-11,13H,2,12H2,1H3,(H,22,26). The molecule has 1 N–H and O–H groups in total. The van der Waals surface area contributed by atoms with Gasteiger partial charge in [0.1, 0.15) is 5.69 Å². The van der Waals surface area contributed by atoms with Crippen molar-refractivity contribution in [3.63, 3.8) is 0 Å². The molecule has 6 nitrogen and oxygen atoms in total. The van der Waals surface area contributed by atoms with Crippen LogP contribution in [0.2, 0.25) is 0 Å². The van der Waals surface area contributed by atoms with Crippen molar-refractivity contribution in [2.24, 2.45) is 0 Å². The van der Waals surface area contributed by atoms with Gasteiger partial charge in [0.2, 0.25) is 5.43 Å². The Kier molecular flexibility index (Phi) is 6.03. The van der Waals surface area contributed by atoms with Crippen LogP contribution in [0.3, 0.4) is 0 Å². The molecule has 7 heteroatoms. The van der Waals surface area contributed by atoms with E-state index in [0.29, 0.717) is 24.4 Å². The summed E-state index contributed by atoms with van der Waals surface area (Å²) in [6.07, 6.45) is 1.49. The quantitative estimate of drug-likeness (QED) is 0.663. The Morgan fingerprint density at radius 2 is 2.00 bits per heavy atom. The molecule has 0 atom stereocenters. The number of nitrogens with zero attached hydrogens (tertiary/aromatic N) is 2. The van der Waals surface area contributed by atoms with Gasteiger partial charge in [0, 0.05) is 28.8 Å². The monoisotopic (exact) mass is 427 g/mol. The van der Waals surface area contributed by atoms with Crippen molar-refractivity contribution in [2.45, 2.75) is 13.3 Å². The molecule has 27 heavy (non-hydrogen) atoms. The van der Waals surface area contributed by atoms with Gasteiger partial charge in [-0.05, 0) is 42.8 Å². The van der Waals surface area contributed by atoms with Crippen LogP contribution in [0, 0.1) is 0 Å². The van der Waals surface area contributed by atoms with Crippen molar-refractivity contribution in [1.29, 1.82) is 0 Å². The van der Waals surface area contributed by atoms with Crippen molar-refractivity contribution >= 4 is 27.7 Å². The van der Waals surface area contributed by atoms with E-state index in [-0.39, 0.29) is 5.43 Å². The maximum Gasteiger partial charge on any atom is 0.411 e. The van der Waals surface area contributed by atoms with Crippen LogP contribution >= 0.6 is 15.9 Å². The van der Waals surface area contributed by atoms with Gasteiger partial charge < -0.3 is 4.74 Å². The Bertz CT molecular complexity index is 1020. The van der Waals surface area contributed by atoms with Crippen molar-refractivity contribution < 1.29 is 9.53 Å². The lowest BCUT2D eigenvalue weighted by Crippen LogP contribution is -2.16. The summed E-state index contributed by atoms with van der Waals surface area (Å²) >= 11 is 3.44. The number of hydrogen-bond acceptors (Lipinski definition) is 4. The van der Waals surface area contributed by atoms with Crippen LogP contribution in [-0.4, -0.2) is 22.5 Å². The van der Waals surface area contributed by atoms with Crippen LogP contribution in [0.15, 0.2) is 70.1 Å². The number of benzene rings is 2. The van der Waals surface area contributed by atoms with Crippen molar-refractivity contribution in [3.8, 4) is 5.69 Å². The SMILES string of the molecule is CCOC(=O)Nc1cccc(Cc2nn(-c3cccc(Br)c3)ccc2=O)c1. The van der Waals surface area contributed by atoms with Gasteiger partial charge >= 0.3 is 6.09 Å². The Hall–Kier alpha value is -2.93. The summed E-state index contributed by atoms with van der Waals surface area (Å²) in [6, 6.07) is 16.4. The minimum atomic E-state index is -0.510. The molecule has 1 amide bonds. The van der Waals surface area contributed by atoms with Crippen LogP contribution in [0.4, 0.5) is 10.5 Å². The molecule has 0 bridgehead atoms. The zero-order chi connectivity index (χ0) is 19.2. The van der Waals surface area contributed by atoms with Crippen molar-refractivity contribution in [1.82, 2.24) is 9.78 Å². The summed E-state index contributed by atoms with van der Waals surface area (Å²) in [5.74, 6) is 0. The highest BCUT2D eigenvalue weighted by Crippen LogP contribution is 2.16. The Labute approximate surface area is 164 Å². The minimum absolute atomic E-state index is 0.134. The maximum atomic E-state index is 12.2. The predicted molar refractivity (Wildman–Crippen MR) is 107 cm³/mol. The average Bonchev–Trinajstić information content (AvgIpc) is 2.64. The lowest BCUT2D eigenvalue weighted by Gasteiger charge is -2.09. The fourth-order valence-electron chi connectivity index (χ4n) is 2.57. The van der Waals surface area contributed by atoms with Gasteiger partial charge in [-0.3, -0.25) is 10.1 Å². The van der Waals surface area contributed by atoms with Gasteiger partial charge in [0.25, 0.3) is 0 Å². The predicted octanol–water partition coefficient (Wildman–Crippen LogP) is 4.15. The number of amides is 1. The largest absolute Gasteiger partial charge is 0.450 e. The third kappa shape index (κ3) is 5.04. The minimum Gasteiger partial charge on any atom is -0.450 e. The van der Waals surface area contributed by atoms with Crippen molar-refractivity contribution in [3.05, 3.63) is 86.7 Å². The van der Waals surface area contributed by atoms with E-state index in [4.69, 9.17) is 4.74 Å². The molecule has 0 saturated heterocycles. The first-order valence-electron chi connectivity index (χ1n) is 8.42. The van der Waals surface area contributed by atoms with Crippen LogP contribution in [0.1, 0.15) is 18.2 Å². The summed E-state index contributed by atoms with van der Waals surface area (Å²) in [7, 11) is 0. The Balaban J connectivity index is 1.84. The first kappa shape index (κ1) is 18.8. The molecule has 0 spiro atoms. The summed E-state index contributed by atoms with van der Waals surface area (Å²) in [4.78, 5) is 23.8. The molecule has 0 fully saturated rings. The fourth-order valence-corrected chi connectivity index (χ4v) is 2.96. The topological polar surface area (TPSA) is 73.2 Å². The summed E-state index contributed by atoms with van der Waals surface area (Å²) in [6.45, 7) is 2.04. The number of ether oxygens (including phenoxy) is 1. The molecule has 3 rings (SSSR count). The zero-order valence-electron chi connectivity index (χ0n) is 14.7. The highest BCUT2D eigenvalue weighted by Gasteiger charge is 2.08.